The van der Waals surface area contributed by atoms with E-state index < -0.39 is 0 Å². The lowest BCUT2D eigenvalue weighted by Gasteiger charge is -2.22. The molecule has 0 aliphatic rings. The molecule has 0 saturated carbocycles. The van der Waals surface area contributed by atoms with Gasteiger partial charge in [0.1, 0.15) is 0 Å². The highest BCUT2D eigenvalue weighted by atomic mass is 35.5. The minimum absolute atomic E-state index is 0.0463. The van der Waals surface area contributed by atoms with E-state index in [0.29, 0.717) is 5.92 Å². The first kappa shape index (κ1) is 12.5. The van der Waals surface area contributed by atoms with Crippen LogP contribution in [0, 0.1) is 11.8 Å². The molecule has 0 saturated heterocycles. The van der Waals surface area contributed by atoms with E-state index in [1.807, 2.05) is 19.9 Å². The van der Waals surface area contributed by atoms with Crippen molar-refractivity contribution < 1.29 is 4.79 Å². The minimum Gasteiger partial charge on any atom is -0.349 e. The zero-order chi connectivity index (χ0) is 10.4. The molecule has 3 heteroatoms. The van der Waals surface area contributed by atoms with E-state index >= 15 is 0 Å². The predicted octanol–water partition coefficient (Wildman–Crippen LogP) is 2.49. The molecule has 0 aliphatic carbocycles. The third-order valence-corrected chi connectivity index (χ3v) is 2.22. The van der Waals surface area contributed by atoms with Gasteiger partial charge in [0.25, 0.3) is 0 Å². The van der Waals surface area contributed by atoms with Crippen LogP contribution in [0.5, 0.6) is 0 Å². The second-order valence-corrected chi connectivity index (χ2v) is 3.93. The normalized spacial score (nSPS) is 13.7. The summed E-state index contributed by atoms with van der Waals surface area (Å²) >= 11 is 5.43. The number of hydrogen-bond acceptors (Lipinski definition) is 1. The molecule has 13 heavy (non-hydrogen) atoms. The summed E-state index contributed by atoms with van der Waals surface area (Å²) in [6, 6.07) is 0. The van der Waals surface area contributed by atoms with Gasteiger partial charge < -0.3 is 4.90 Å². The number of halogens is 1. The summed E-state index contributed by atoms with van der Waals surface area (Å²) in [5, 5.41) is 0. The number of nitrogens with zero attached hydrogens (tertiary/aromatic N) is 1. The molecular formula is C10H18ClNO. The van der Waals surface area contributed by atoms with Gasteiger partial charge in [-0.15, -0.1) is 0 Å². The fraction of sp³-hybridized carbons (Fsp3) is 0.700. The van der Waals surface area contributed by atoms with Gasteiger partial charge in [-0.2, -0.15) is 0 Å². The van der Waals surface area contributed by atoms with Crippen LogP contribution in [0.2, 0.25) is 0 Å². The lowest BCUT2D eigenvalue weighted by atomic mass is 9.91. The van der Waals surface area contributed by atoms with Crippen LogP contribution >= 0.6 is 11.6 Å². The highest BCUT2D eigenvalue weighted by Gasteiger charge is 2.21. The second-order valence-electron chi connectivity index (χ2n) is 3.68. The van der Waals surface area contributed by atoms with E-state index in [1.54, 1.807) is 19.0 Å². The summed E-state index contributed by atoms with van der Waals surface area (Å²) in [6.07, 6.45) is 2.55. The van der Waals surface area contributed by atoms with Crippen molar-refractivity contribution in [3.63, 3.8) is 0 Å². The van der Waals surface area contributed by atoms with Gasteiger partial charge in [-0.25, -0.2) is 0 Å². The van der Waals surface area contributed by atoms with E-state index in [9.17, 15) is 4.79 Å². The highest BCUT2D eigenvalue weighted by molar-refractivity contribution is 6.25. The molecule has 0 radical (unpaired) electrons. The largest absolute Gasteiger partial charge is 0.349 e. The van der Waals surface area contributed by atoms with Gasteiger partial charge in [-0.05, 0) is 12.3 Å². The van der Waals surface area contributed by atoms with E-state index in [4.69, 9.17) is 11.6 Å². The number of carbonyl (C=O) groups excluding carboxylic acids is 1. The van der Waals surface area contributed by atoms with Crippen LogP contribution in [0.4, 0.5) is 0 Å². The molecule has 76 valence electrons. The minimum atomic E-state index is 0.0463. The monoisotopic (exact) mass is 203 g/mol. The van der Waals surface area contributed by atoms with Crippen molar-refractivity contribution in [2.75, 3.05) is 14.1 Å². The Labute approximate surface area is 85.6 Å². The van der Waals surface area contributed by atoms with Crippen molar-refractivity contribution in [3.05, 3.63) is 11.6 Å². The van der Waals surface area contributed by atoms with Crippen LogP contribution in [-0.2, 0) is 4.79 Å². The number of hydrogen-bond donors (Lipinski definition) is 0. The first-order chi connectivity index (χ1) is 6.00. The maximum Gasteiger partial charge on any atom is 0.225 e. The Hall–Kier alpha value is -0.500. The Bertz CT molecular complexity index is 187. The fourth-order valence-corrected chi connectivity index (χ4v) is 1.29. The second kappa shape index (κ2) is 6.03. The smallest absolute Gasteiger partial charge is 0.225 e. The first-order valence-corrected chi connectivity index (χ1v) is 4.90. The molecule has 0 fully saturated rings. The van der Waals surface area contributed by atoms with E-state index in [2.05, 4.69) is 0 Å². The lowest BCUT2D eigenvalue weighted by Crippen LogP contribution is -2.32. The lowest BCUT2D eigenvalue weighted by molar-refractivity contribution is -0.134. The van der Waals surface area contributed by atoms with Crippen LogP contribution < -0.4 is 0 Å². The maximum atomic E-state index is 11.6. The number of carbonyl (C=O) groups is 1. The van der Waals surface area contributed by atoms with Crippen molar-refractivity contribution >= 4 is 17.5 Å². The van der Waals surface area contributed by atoms with Gasteiger partial charge in [0.15, 0.2) is 0 Å². The third-order valence-electron chi connectivity index (χ3n) is 2.04. The first-order valence-electron chi connectivity index (χ1n) is 4.47. The van der Waals surface area contributed by atoms with Crippen molar-refractivity contribution in [1.29, 1.82) is 0 Å². The average molecular weight is 204 g/mol. The molecule has 0 unspecified atom stereocenters. The Kier molecular flexibility index (Phi) is 5.80. The zero-order valence-corrected chi connectivity index (χ0v) is 9.51. The Morgan fingerprint density at radius 2 is 2.00 bits per heavy atom. The molecule has 0 aromatic carbocycles. The topological polar surface area (TPSA) is 20.3 Å². The molecule has 0 aromatic rings. The average Bonchev–Trinajstić information content (AvgIpc) is 2.04. The highest BCUT2D eigenvalue weighted by Crippen LogP contribution is 2.18. The Balaban J connectivity index is 4.33. The summed E-state index contributed by atoms with van der Waals surface area (Å²) in [5.74, 6) is 0.567. The molecule has 0 heterocycles. The van der Waals surface area contributed by atoms with Crippen LogP contribution in [0.15, 0.2) is 11.6 Å². The molecular weight excluding hydrogens is 186 g/mol. The maximum absolute atomic E-state index is 11.6. The molecule has 2 nitrogen and oxygen atoms in total. The van der Waals surface area contributed by atoms with E-state index in [1.165, 1.54) is 5.54 Å². The van der Waals surface area contributed by atoms with Crippen molar-refractivity contribution in [3.8, 4) is 0 Å². The zero-order valence-electron chi connectivity index (χ0n) is 8.75. The van der Waals surface area contributed by atoms with Gasteiger partial charge in [-0.1, -0.05) is 31.5 Å². The van der Waals surface area contributed by atoms with Gasteiger partial charge >= 0.3 is 0 Å². The SMILES string of the molecule is CC(C)[C@@H](C/C=C/Cl)C(=O)N(C)C. The molecule has 0 spiro atoms. The van der Waals surface area contributed by atoms with Crippen LogP contribution in [0.25, 0.3) is 0 Å². The number of rotatable bonds is 4. The summed E-state index contributed by atoms with van der Waals surface area (Å²) in [7, 11) is 3.56. The van der Waals surface area contributed by atoms with E-state index in [-0.39, 0.29) is 11.8 Å². The molecule has 1 atom stereocenters. The standard InChI is InChI=1S/C10H18ClNO/c1-8(2)9(6-5-7-11)10(13)12(3)4/h5,7-9H,6H2,1-4H3/b7-5+/t9-/m1/s1. The number of allylic oxidation sites excluding steroid dienone is 1. The van der Waals surface area contributed by atoms with Crippen LogP contribution in [0.3, 0.4) is 0 Å². The molecule has 0 rings (SSSR count). The van der Waals surface area contributed by atoms with Crippen LogP contribution in [-0.4, -0.2) is 24.9 Å². The predicted molar refractivity (Wildman–Crippen MR) is 56.6 cm³/mol. The van der Waals surface area contributed by atoms with Gasteiger partial charge in [0.2, 0.25) is 5.91 Å². The molecule has 0 N–H and O–H groups in total. The third kappa shape index (κ3) is 4.32. The van der Waals surface area contributed by atoms with Gasteiger partial charge in [0.05, 0.1) is 0 Å². The Morgan fingerprint density at radius 3 is 2.31 bits per heavy atom. The summed E-state index contributed by atoms with van der Waals surface area (Å²) < 4.78 is 0. The van der Waals surface area contributed by atoms with Gasteiger partial charge in [0, 0.05) is 25.5 Å². The van der Waals surface area contributed by atoms with Gasteiger partial charge in [-0.3, -0.25) is 4.79 Å². The summed E-state index contributed by atoms with van der Waals surface area (Å²) in [5.41, 5.74) is 1.47. The van der Waals surface area contributed by atoms with Crippen molar-refractivity contribution in [2.45, 2.75) is 20.3 Å². The summed E-state index contributed by atoms with van der Waals surface area (Å²) in [4.78, 5) is 13.3. The fourth-order valence-electron chi connectivity index (χ4n) is 1.19. The van der Waals surface area contributed by atoms with E-state index in [0.717, 1.165) is 6.42 Å². The van der Waals surface area contributed by atoms with Crippen LogP contribution in [0.1, 0.15) is 20.3 Å². The number of amides is 1. The molecule has 0 bridgehead atoms. The van der Waals surface area contributed by atoms with Crippen molar-refractivity contribution in [1.82, 2.24) is 4.90 Å². The molecule has 0 aromatic heterocycles. The summed E-state index contributed by atoms with van der Waals surface area (Å²) in [6.45, 7) is 4.10. The van der Waals surface area contributed by atoms with Crippen molar-refractivity contribution in [2.24, 2.45) is 11.8 Å². The molecule has 1 amide bonds. The quantitative estimate of drug-likeness (QED) is 0.688. The Morgan fingerprint density at radius 1 is 1.46 bits per heavy atom. The molecule has 0 aliphatic heterocycles.